The topological polar surface area (TPSA) is 130 Å². The molecule has 188 valence electrons. The van der Waals surface area contributed by atoms with Gasteiger partial charge in [0.2, 0.25) is 5.95 Å². The molecular weight excluding hydrogens is 501 g/mol. The van der Waals surface area contributed by atoms with Crippen LogP contribution < -0.4 is 21.1 Å². The maximum Gasteiger partial charge on any atom is 0.288 e. The van der Waals surface area contributed by atoms with Gasteiger partial charge in [-0.1, -0.05) is 11.6 Å². The number of anilines is 4. The molecule has 0 radical (unpaired) electrons. The number of hydrazine groups is 1. The number of pyridine rings is 1. The normalized spacial score (nSPS) is 13.2. The quantitative estimate of drug-likeness (QED) is 0.311. The first-order valence-electron chi connectivity index (χ1n) is 11.3. The number of amides is 1. The average Bonchev–Trinajstić information content (AvgIpc) is 2.94. The predicted molar refractivity (Wildman–Crippen MR) is 136 cm³/mol. The maximum atomic E-state index is 14.2. The molecule has 0 saturated carbocycles. The minimum absolute atomic E-state index is 0.0516. The zero-order valence-corrected chi connectivity index (χ0v) is 20.1. The average molecular weight is 522 g/mol. The van der Waals surface area contributed by atoms with E-state index in [2.05, 4.69) is 41.1 Å². The van der Waals surface area contributed by atoms with Crippen LogP contribution in [0.25, 0.3) is 11.4 Å². The van der Waals surface area contributed by atoms with Crippen LogP contribution >= 0.6 is 11.6 Å². The van der Waals surface area contributed by atoms with E-state index in [1.165, 1.54) is 6.20 Å². The lowest BCUT2D eigenvalue weighted by molar-refractivity contribution is 0.0957. The van der Waals surface area contributed by atoms with Crippen molar-refractivity contribution < 1.29 is 13.9 Å². The Hall–Kier alpha value is -4.42. The molecule has 13 heteroatoms. The first-order valence-corrected chi connectivity index (χ1v) is 11.7. The number of rotatable bonds is 7. The van der Waals surface area contributed by atoms with Gasteiger partial charge in [0.1, 0.15) is 5.69 Å². The number of ether oxygens (including phenoxy) is 1. The third-order valence-electron chi connectivity index (χ3n) is 5.38. The molecule has 4 heterocycles. The Labute approximate surface area is 216 Å². The summed E-state index contributed by atoms with van der Waals surface area (Å²) in [4.78, 5) is 34.9. The summed E-state index contributed by atoms with van der Waals surface area (Å²) in [5.41, 5.74) is 7.33. The third-order valence-corrected chi connectivity index (χ3v) is 5.70. The van der Waals surface area contributed by atoms with Gasteiger partial charge < -0.3 is 15.0 Å². The lowest BCUT2D eigenvalue weighted by Gasteiger charge is -2.28. The summed E-state index contributed by atoms with van der Waals surface area (Å²) in [6.45, 7) is 2.00. The van der Waals surface area contributed by atoms with Crippen molar-refractivity contribution in [2.24, 2.45) is 0 Å². The molecule has 0 bridgehead atoms. The molecule has 1 amide bonds. The van der Waals surface area contributed by atoms with Crippen LogP contribution in [-0.4, -0.2) is 57.1 Å². The van der Waals surface area contributed by atoms with Crippen molar-refractivity contribution in [1.29, 1.82) is 0 Å². The van der Waals surface area contributed by atoms with Crippen molar-refractivity contribution in [2.75, 3.05) is 41.9 Å². The zero-order chi connectivity index (χ0) is 25.6. The van der Waals surface area contributed by atoms with Crippen molar-refractivity contribution in [3.05, 3.63) is 77.7 Å². The third kappa shape index (κ3) is 5.88. The van der Waals surface area contributed by atoms with Gasteiger partial charge in [-0.05, 0) is 36.4 Å². The van der Waals surface area contributed by atoms with E-state index in [1.54, 1.807) is 41.6 Å². The smallest absolute Gasteiger partial charge is 0.288 e. The molecule has 0 spiro atoms. The first kappa shape index (κ1) is 24.3. The van der Waals surface area contributed by atoms with Crippen LogP contribution in [-0.2, 0) is 4.74 Å². The monoisotopic (exact) mass is 521 g/mol. The highest BCUT2D eigenvalue weighted by Crippen LogP contribution is 2.29. The van der Waals surface area contributed by atoms with Crippen LogP contribution in [0.4, 0.5) is 27.5 Å². The number of benzene rings is 1. The molecule has 0 aliphatic carbocycles. The second-order valence-corrected chi connectivity index (χ2v) is 8.28. The Kier molecular flexibility index (Phi) is 7.28. The minimum atomic E-state index is -0.548. The SMILES string of the molecule is O=C(NNc1ncc(F)c(N2CCOCC2)n1)c1ccc(Nc2ccc(-c3ncccn3)c(Cl)c2)cn1. The van der Waals surface area contributed by atoms with Crippen LogP contribution in [0.3, 0.4) is 0 Å². The van der Waals surface area contributed by atoms with Crippen LogP contribution in [0, 0.1) is 5.82 Å². The summed E-state index contributed by atoms with van der Waals surface area (Å²) in [6, 6.07) is 10.4. The Morgan fingerprint density at radius 3 is 2.51 bits per heavy atom. The van der Waals surface area contributed by atoms with E-state index in [0.29, 0.717) is 48.4 Å². The number of nitrogens with one attached hydrogen (secondary N) is 3. The molecule has 1 aliphatic rings. The predicted octanol–water partition coefficient (Wildman–Crippen LogP) is 3.46. The molecule has 0 unspecified atom stereocenters. The van der Waals surface area contributed by atoms with Crippen LogP contribution in [0.1, 0.15) is 10.5 Å². The highest BCUT2D eigenvalue weighted by atomic mass is 35.5. The van der Waals surface area contributed by atoms with Gasteiger partial charge in [0, 0.05) is 36.7 Å². The summed E-state index contributed by atoms with van der Waals surface area (Å²) in [5, 5.41) is 3.68. The van der Waals surface area contributed by atoms with Crippen molar-refractivity contribution >= 4 is 40.6 Å². The van der Waals surface area contributed by atoms with Gasteiger partial charge in [-0.15, -0.1) is 0 Å². The van der Waals surface area contributed by atoms with E-state index in [-0.39, 0.29) is 17.5 Å². The molecular formula is C24H21ClFN9O2. The molecule has 0 atom stereocenters. The summed E-state index contributed by atoms with van der Waals surface area (Å²) >= 11 is 6.41. The molecule has 1 saturated heterocycles. The zero-order valence-electron chi connectivity index (χ0n) is 19.4. The molecule has 37 heavy (non-hydrogen) atoms. The standard InChI is InChI=1S/C24H21ClFN9O2/c25-18-12-15(2-4-17(18)21-27-6-1-7-28-21)31-16-3-5-20(29-13-16)23(36)33-34-24-30-14-19(26)22(32-24)35-8-10-37-11-9-35/h1-7,12-14,31H,8-11H2,(H,33,36)(H,30,32,34). The molecule has 3 N–H and O–H groups in total. The summed E-state index contributed by atoms with van der Waals surface area (Å²) in [5.74, 6) is -0.327. The number of carbonyl (C=O) groups is 1. The molecule has 5 rings (SSSR count). The van der Waals surface area contributed by atoms with Crippen LogP contribution in [0.5, 0.6) is 0 Å². The van der Waals surface area contributed by atoms with Crippen molar-refractivity contribution in [3.8, 4) is 11.4 Å². The number of aromatic nitrogens is 5. The maximum absolute atomic E-state index is 14.2. The largest absolute Gasteiger partial charge is 0.378 e. The van der Waals surface area contributed by atoms with E-state index in [0.717, 1.165) is 11.9 Å². The summed E-state index contributed by atoms with van der Waals surface area (Å²) in [6.07, 6.45) is 5.87. The fourth-order valence-electron chi connectivity index (χ4n) is 3.57. The number of carbonyl (C=O) groups excluding carboxylic acids is 1. The minimum Gasteiger partial charge on any atom is -0.378 e. The second kappa shape index (κ2) is 11.1. The lowest BCUT2D eigenvalue weighted by atomic mass is 10.2. The summed E-state index contributed by atoms with van der Waals surface area (Å²) < 4.78 is 19.5. The first-order chi connectivity index (χ1) is 18.1. The number of halogens is 2. The molecule has 1 fully saturated rings. The van der Waals surface area contributed by atoms with Gasteiger partial charge in [0.05, 0.1) is 36.3 Å². The fraction of sp³-hybridized carbons (Fsp3) is 0.167. The van der Waals surface area contributed by atoms with Crippen LogP contribution in [0.15, 0.2) is 61.2 Å². The van der Waals surface area contributed by atoms with E-state index < -0.39 is 11.7 Å². The van der Waals surface area contributed by atoms with Gasteiger partial charge >= 0.3 is 0 Å². The van der Waals surface area contributed by atoms with Crippen molar-refractivity contribution in [2.45, 2.75) is 0 Å². The Morgan fingerprint density at radius 1 is 1.00 bits per heavy atom. The van der Waals surface area contributed by atoms with E-state index in [1.807, 2.05) is 12.1 Å². The van der Waals surface area contributed by atoms with Crippen molar-refractivity contribution in [3.63, 3.8) is 0 Å². The van der Waals surface area contributed by atoms with E-state index in [4.69, 9.17) is 16.3 Å². The number of morpholine rings is 1. The molecule has 3 aromatic heterocycles. The highest BCUT2D eigenvalue weighted by Gasteiger charge is 2.18. The lowest BCUT2D eigenvalue weighted by Crippen LogP contribution is -2.38. The van der Waals surface area contributed by atoms with Gasteiger partial charge in [-0.3, -0.25) is 15.6 Å². The van der Waals surface area contributed by atoms with Crippen LogP contribution in [0.2, 0.25) is 5.02 Å². The summed E-state index contributed by atoms with van der Waals surface area (Å²) in [7, 11) is 0. The van der Waals surface area contributed by atoms with Crippen molar-refractivity contribution in [1.82, 2.24) is 30.3 Å². The molecule has 11 nitrogen and oxygen atoms in total. The Bertz CT molecular complexity index is 1390. The second-order valence-electron chi connectivity index (χ2n) is 7.87. The Morgan fingerprint density at radius 2 is 1.78 bits per heavy atom. The molecule has 1 aromatic carbocycles. The number of hydrogen-bond donors (Lipinski definition) is 3. The van der Waals surface area contributed by atoms with E-state index in [9.17, 15) is 9.18 Å². The Balaban J connectivity index is 1.19. The molecule has 1 aliphatic heterocycles. The fourth-order valence-corrected chi connectivity index (χ4v) is 3.84. The number of nitrogens with zero attached hydrogens (tertiary/aromatic N) is 6. The number of hydrogen-bond acceptors (Lipinski definition) is 10. The molecule has 4 aromatic rings. The van der Waals surface area contributed by atoms with E-state index >= 15 is 0 Å². The van der Waals surface area contributed by atoms with Gasteiger partial charge in [-0.2, -0.15) is 4.98 Å². The van der Waals surface area contributed by atoms with Gasteiger partial charge in [0.25, 0.3) is 5.91 Å². The van der Waals surface area contributed by atoms with Gasteiger partial charge in [0.15, 0.2) is 17.5 Å². The highest BCUT2D eigenvalue weighted by molar-refractivity contribution is 6.33. The van der Waals surface area contributed by atoms with Gasteiger partial charge in [-0.25, -0.2) is 24.3 Å².